The third-order valence-corrected chi connectivity index (χ3v) is 3.72. The maximum Gasteiger partial charge on any atom is 0.239 e. The van der Waals surface area contributed by atoms with Gasteiger partial charge in [0.05, 0.1) is 0 Å². The summed E-state index contributed by atoms with van der Waals surface area (Å²) in [6.07, 6.45) is 6.95. The molecular formula is C15H21FN2O. The zero-order chi connectivity index (χ0) is 13.7. The first-order valence-electron chi connectivity index (χ1n) is 6.97. The van der Waals surface area contributed by atoms with Crippen LogP contribution >= 0.6 is 0 Å². The molecule has 19 heavy (non-hydrogen) atoms. The first kappa shape index (κ1) is 14.0. The maximum absolute atomic E-state index is 13.3. The summed E-state index contributed by atoms with van der Waals surface area (Å²) < 4.78 is 13.3. The highest BCUT2D eigenvalue weighted by Crippen LogP contribution is 2.21. The predicted octanol–water partition coefficient (Wildman–Crippen LogP) is 2.66. The number of hydrogen-bond acceptors (Lipinski definition) is 2. The van der Waals surface area contributed by atoms with Crippen molar-refractivity contribution >= 4 is 5.91 Å². The lowest BCUT2D eigenvalue weighted by atomic mass is 10.0. The van der Waals surface area contributed by atoms with Crippen molar-refractivity contribution in [3.8, 4) is 0 Å². The average Bonchev–Trinajstić information content (AvgIpc) is 2.64. The van der Waals surface area contributed by atoms with Gasteiger partial charge in [0, 0.05) is 6.04 Å². The van der Waals surface area contributed by atoms with Gasteiger partial charge in [0.2, 0.25) is 5.91 Å². The number of carbonyl (C=O) groups excluding carboxylic acids is 1. The van der Waals surface area contributed by atoms with E-state index in [9.17, 15) is 9.18 Å². The number of primary amides is 1. The second-order valence-corrected chi connectivity index (χ2v) is 5.25. The van der Waals surface area contributed by atoms with Crippen molar-refractivity contribution in [3.05, 3.63) is 35.6 Å². The molecule has 0 spiro atoms. The van der Waals surface area contributed by atoms with E-state index >= 15 is 0 Å². The Morgan fingerprint density at radius 2 is 1.95 bits per heavy atom. The second kappa shape index (κ2) is 6.66. The van der Waals surface area contributed by atoms with E-state index in [4.69, 9.17) is 5.73 Å². The highest BCUT2D eigenvalue weighted by atomic mass is 19.1. The van der Waals surface area contributed by atoms with Crippen LogP contribution in [0.15, 0.2) is 24.3 Å². The van der Waals surface area contributed by atoms with E-state index in [0.29, 0.717) is 11.6 Å². The summed E-state index contributed by atoms with van der Waals surface area (Å²) in [5.41, 5.74) is 6.06. The topological polar surface area (TPSA) is 55.1 Å². The number of hydrogen-bond donors (Lipinski definition) is 2. The minimum atomic E-state index is -0.598. The van der Waals surface area contributed by atoms with Gasteiger partial charge in [-0.1, -0.05) is 37.8 Å². The molecule has 1 saturated carbocycles. The van der Waals surface area contributed by atoms with Gasteiger partial charge in [-0.15, -0.1) is 0 Å². The Kier molecular flexibility index (Phi) is 4.91. The van der Waals surface area contributed by atoms with Gasteiger partial charge >= 0.3 is 0 Å². The van der Waals surface area contributed by atoms with E-state index in [1.165, 1.54) is 37.8 Å². The van der Waals surface area contributed by atoms with E-state index in [0.717, 1.165) is 12.8 Å². The molecule has 1 aliphatic rings. The van der Waals surface area contributed by atoms with Crippen LogP contribution in [0.2, 0.25) is 0 Å². The van der Waals surface area contributed by atoms with Gasteiger partial charge in [-0.3, -0.25) is 10.1 Å². The Bertz CT molecular complexity index is 428. The molecule has 1 unspecified atom stereocenters. The Hall–Kier alpha value is -1.42. The van der Waals surface area contributed by atoms with Crippen LogP contribution in [-0.4, -0.2) is 11.9 Å². The molecule has 1 aliphatic carbocycles. The fraction of sp³-hybridized carbons (Fsp3) is 0.533. The third-order valence-electron chi connectivity index (χ3n) is 3.72. The number of nitrogens with two attached hydrogens (primary N) is 1. The molecule has 4 heteroatoms. The molecule has 0 aromatic heterocycles. The molecule has 2 rings (SSSR count). The Morgan fingerprint density at radius 3 is 2.53 bits per heavy atom. The SMILES string of the molecule is NC(=O)C(NC1CCCCCC1)c1cccc(F)c1. The molecule has 1 aromatic carbocycles. The van der Waals surface area contributed by atoms with E-state index in [1.807, 2.05) is 0 Å². The number of halogens is 1. The standard InChI is InChI=1S/C15H21FN2O/c16-12-7-5-6-11(10-12)14(15(17)19)18-13-8-3-1-2-4-9-13/h5-7,10,13-14,18H,1-4,8-9H2,(H2,17,19). The van der Waals surface area contributed by atoms with Crippen LogP contribution in [0.4, 0.5) is 4.39 Å². The van der Waals surface area contributed by atoms with Gasteiger partial charge in [-0.2, -0.15) is 0 Å². The first-order valence-corrected chi connectivity index (χ1v) is 6.97. The van der Waals surface area contributed by atoms with Crippen LogP contribution < -0.4 is 11.1 Å². The molecule has 1 amide bonds. The minimum Gasteiger partial charge on any atom is -0.368 e. The molecule has 3 N–H and O–H groups in total. The Morgan fingerprint density at radius 1 is 1.26 bits per heavy atom. The third kappa shape index (κ3) is 4.03. The Labute approximate surface area is 113 Å². The van der Waals surface area contributed by atoms with Crippen molar-refractivity contribution in [1.29, 1.82) is 0 Å². The lowest BCUT2D eigenvalue weighted by molar-refractivity contribution is -0.120. The molecule has 0 bridgehead atoms. The summed E-state index contributed by atoms with van der Waals surface area (Å²) in [5.74, 6) is -0.790. The quantitative estimate of drug-likeness (QED) is 0.821. The number of benzene rings is 1. The van der Waals surface area contributed by atoms with E-state index in [-0.39, 0.29) is 5.82 Å². The number of rotatable bonds is 4. The average molecular weight is 264 g/mol. The number of nitrogens with one attached hydrogen (secondary N) is 1. The highest BCUT2D eigenvalue weighted by molar-refractivity contribution is 5.81. The summed E-state index contributed by atoms with van der Waals surface area (Å²) in [5, 5.41) is 3.30. The molecule has 1 atom stereocenters. The van der Waals surface area contributed by atoms with Crippen molar-refractivity contribution in [2.24, 2.45) is 5.73 Å². The summed E-state index contributed by atoms with van der Waals surface area (Å²) >= 11 is 0. The Balaban J connectivity index is 2.09. The monoisotopic (exact) mass is 264 g/mol. The van der Waals surface area contributed by atoms with Gasteiger partial charge in [-0.05, 0) is 30.5 Å². The van der Waals surface area contributed by atoms with Crippen LogP contribution in [0.1, 0.15) is 50.1 Å². The van der Waals surface area contributed by atoms with E-state index in [2.05, 4.69) is 5.32 Å². The van der Waals surface area contributed by atoms with E-state index < -0.39 is 11.9 Å². The van der Waals surface area contributed by atoms with Crippen molar-refractivity contribution in [3.63, 3.8) is 0 Å². The van der Waals surface area contributed by atoms with Crippen LogP contribution in [0.3, 0.4) is 0 Å². The summed E-state index contributed by atoms with van der Waals surface area (Å²) in [7, 11) is 0. The fourth-order valence-electron chi connectivity index (χ4n) is 2.71. The van der Waals surface area contributed by atoms with Gasteiger partial charge in [0.15, 0.2) is 0 Å². The first-order chi connectivity index (χ1) is 9.16. The predicted molar refractivity (Wildman–Crippen MR) is 73.0 cm³/mol. The van der Waals surface area contributed by atoms with Gasteiger partial charge in [0.25, 0.3) is 0 Å². The number of carbonyl (C=O) groups is 1. The lowest BCUT2D eigenvalue weighted by Crippen LogP contribution is -2.39. The maximum atomic E-state index is 13.3. The molecule has 1 aromatic rings. The smallest absolute Gasteiger partial charge is 0.239 e. The molecule has 0 aliphatic heterocycles. The molecule has 0 saturated heterocycles. The van der Waals surface area contributed by atoms with Gasteiger partial charge in [-0.25, -0.2) is 4.39 Å². The van der Waals surface area contributed by atoms with E-state index in [1.54, 1.807) is 12.1 Å². The number of amides is 1. The molecule has 3 nitrogen and oxygen atoms in total. The van der Waals surface area contributed by atoms with Crippen LogP contribution in [0, 0.1) is 5.82 Å². The van der Waals surface area contributed by atoms with Crippen molar-refractivity contribution in [2.45, 2.75) is 50.6 Å². The van der Waals surface area contributed by atoms with Crippen LogP contribution in [0.25, 0.3) is 0 Å². The molecular weight excluding hydrogens is 243 g/mol. The zero-order valence-electron chi connectivity index (χ0n) is 11.1. The molecule has 1 fully saturated rings. The summed E-state index contributed by atoms with van der Waals surface area (Å²) in [6, 6.07) is 5.78. The van der Waals surface area contributed by atoms with Gasteiger partial charge < -0.3 is 5.73 Å². The van der Waals surface area contributed by atoms with Crippen molar-refractivity contribution in [2.75, 3.05) is 0 Å². The van der Waals surface area contributed by atoms with Crippen LogP contribution in [0.5, 0.6) is 0 Å². The van der Waals surface area contributed by atoms with Crippen molar-refractivity contribution in [1.82, 2.24) is 5.32 Å². The van der Waals surface area contributed by atoms with Gasteiger partial charge in [0.1, 0.15) is 11.9 Å². The van der Waals surface area contributed by atoms with Crippen molar-refractivity contribution < 1.29 is 9.18 Å². The lowest BCUT2D eigenvalue weighted by Gasteiger charge is -2.23. The minimum absolute atomic E-state index is 0.295. The molecule has 0 radical (unpaired) electrons. The summed E-state index contributed by atoms with van der Waals surface area (Å²) in [6.45, 7) is 0. The fourth-order valence-corrected chi connectivity index (χ4v) is 2.71. The van der Waals surface area contributed by atoms with Crippen LogP contribution in [-0.2, 0) is 4.79 Å². The molecule has 104 valence electrons. The largest absolute Gasteiger partial charge is 0.368 e. The highest BCUT2D eigenvalue weighted by Gasteiger charge is 2.22. The molecule has 0 heterocycles. The zero-order valence-corrected chi connectivity index (χ0v) is 11.1. The summed E-state index contributed by atoms with van der Waals surface area (Å²) in [4.78, 5) is 11.6. The second-order valence-electron chi connectivity index (χ2n) is 5.25. The normalized spacial score (nSPS) is 18.8.